The number of aliphatic hydroxyl groups excluding tert-OH is 2. The summed E-state index contributed by atoms with van der Waals surface area (Å²) in [5, 5.41) is 21.6. The molecule has 220 valence electrons. The fourth-order valence-corrected chi connectivity index (χ4v) is 4.27. The molecule has 0 unspecified atom stereocenters. The molecule has 1 aliphatic rings. The van der Waals surface area contributed by atoms with E-state index in [1.165, 1.54) is 35.5 Å². The zero-order valence-corrected chi connectivity index (χ0v) is 23.2. The third-order valence-electron chi connectivity index (χ3n) is 6.73. The summed E-state index contributed by atoms with van der Waals surface area (Å²) in [5.41, 5.74) is 0.550. The number of aromatic nitrogens is 2. The van der Waals surface area contributed by atoms with Gasteiger partial charge in [0.2, 0.25) is 5.91 Å². The second-order valence-corrected chi connectivity index (χ2v) is 10.3. The molecule has 2 heterocycles. The van der Waals surface area contributed by atoms with E-state index in [0.717, 1.165) is 0 Å². The van der Waals surface area contributed by atoms with Crippen molar-refractivity contribution in [3.8, 4) is 0 Å². The minimum Gasteiger partial charge on any atom is -0.388 e. The number of H-pyrrole nitrogens is 1. The molecule has 3 atom stereocenters. The van der Waals surface area contributed by atoms with Crippen molar-refractivity contribution in [2.45, 2.75) is 51.4 Å². The van der Waals surface area contributed by atoms with Crippen molar-refractivity contribution in [2.75, 3.05) is 46.0 Å². The number of rotatable bonds is 7. The number of carbonyl (C=O) groups is 2. The SMILES string of the molecule is CC(C)CCO[C@@H]1CN(C(=O)c2ccccc2F)CCN(C(=O)/C=C/c2cnc[nH]2)CCCCOC[C@@H](O)[C@H]1O. The molecule has 0 aliphatic carbocycles. The van der Waals surface area contributed by atoms with Crippen LogP contribution in [0.15, 0.2) is 42.9 Å². The fraction of sp³-hybridized carbons (Fsp3) is 0.552. The second-order valence-electron chi connectivity index (χ2n) is 10.3. The lowest BCUT2D eigenvalue weighted by Gasteiger charge is -2.34. The molecule has 2 aromatic rings. The summed E-state index contributed by atoms with van der Waals surface area (Å²) < 4.78 is 26.2. The summed E-state index contributed by atoms with van der Waals surface area (Å²) in [6.45, 7) is 5.16. The Morgan fingerprint density at radius 1 is 1.20 bits per heavy atom. The van der Waals surface area contributed by atoms with Gasteiger partial charge in [-0.3, -0.25) is 9.59 Å². The van der Waals surface area contributed by atoms with E-state index in [0.29, 0.717) is 50.6 Å². The third kappa shape index (κ3) is 9.81. The molecular formula is C29H41FN4O6. The number of aliphatic hydroxyl groups is 2. The predicted octanol–water partition coefficient (Wildman–Crippen LogP) is 2.50. The number of nitrogens with one attached hydrogen (secondary N) is 1. The van der Waals surface area contributed by atoms with Gasteiger partial charge in [-0.05, 0) is 43.4 Å². The Labute approximate surface area is 234 Å². The van der Waals surface area contributed by atoms with Crippen LogP contribution < -0.4 is 0 Å². The Hall–Kier alpha value is -3.12. The first-order chi connectivity index (χ1) is 19.3. The molecule has 1 aromatic carbocycles. The van der Waals surface area contributed by atoms with E-state index >= 15 is 0 Å². The highest BCUT2D eigenvalue weighted by Crippen LogP contribution is 2.16. The summed E-state index contributed by atoms with van der Waals surface area (Å²) in [5.74, 6) is -1.18. The number of hydrogen-bond donors (Lipinski definition) is 3. The van der Waals surface area contributed by atoms with Gasteiger partial charge in [0.1, 0.15) is 24.1 Å². The second kappa shape index (κ2) is 16.2. The smallest absolute Gasteiger partial charge is 0.256 e. The van der Waals surface area contributed by atoms with Crippen molar-refractivity contribution in [1.29, 1.82) is 0 Å². The predicted molar refractivity (Wildman–Crippen MR) is 148 cm³/mol. The molecule has 1 saturated heterocycles. The summed E-state index contributed by atoms with van der Waals surface area (Å²) in [6.07, 6.45) is 4.61. The van der Waals surface area contributed by atoms with E-state index in [2.05, 4.69) is 9.97 Å². The molecule has 0 spiro atoms. The largest absolute Gasteiger partial charge is 0.388 e. The molecule has 40 heavy (non-hydrogen) atoms. The number of carbonyl (C=O) groups excluding carboxylic acids is 2. The minimum atomic E-state index is -1.35. The zero-order valence-electron chi connectivity index (χ0n) is 23.2. The Balaban J connectivity index is 1.87. The van der Waals surface area contributed by atoms with Gasteiger partial charge in [-0.1, -0.05) is 26.0 Å². The van der Waals surface area contributed by atoms with Crippen LogP contribution in [0.2, 0.25) is 0 Å². The molecule has 11 heteroatoms. The number of amides is 2. The van der Waals surface area contributed by atoms with Crippen LogP contribution in [0.5, 0.6) is 0 Å². The van der Waals surface area contributed by atoms with E-state index < -0.39 is 30.0 Å². The molecule has 1 fully saturated rings. The van der Waals surface area contributed by atoms with Crippen LogP contribution in [0.1, 0.15) is 49.2 Å². The lowest BCUT2D eigenvalue weighted by atomic mass is 10.1. The number of benzene rings is 1. The van der Waals surface area contributed by atoms with Crippen LogP contribution >= 0.6 is 0 Å². The topological polar surface area (TPSA) is 128 Å². The Morgan fingerprint density at radius 3 is 2.70 bits per heavy atom. The van der Waals surface area contributed by atoms with Crippen molar-refractivity contribution in [1.82, 2.24) is 19.8 Å². The van der Waals surface area contributed by atoms with E-state index in [9.17, 15) is 24.2 Å². The van der Waals surface area contributed by atoms with Gasteiger partial charge in [0.25, 0.3) is 5.91 Å². The van der Waals surface area contributed by atoms with E-state index in [4.69, 9.17) is 9.47 Å². The first-order valence-corrected chi connectivity index (χ1v) is 13.8. The monoisotopic (exact) mass is 560 g/mol. The first-order valence-electron chi connectivity index (χ1n) is 13.8. The normalized spacial score (nSPS) is 22.0. The number of ether oxygens (including phenoxy) is 2. The van der Waals surface area contributed by atoms with Crippen molar-refractivity contribution in [2.24, 2.45) is 5.92 Å². The minimum absolute atomic E-state index is 0.0696. The number of nitrogens with zero attached hydrogens (tertiary/aromatic N) is 3. The van der Waals surface area contributed by atoms with Gasteiger partial charge in [-0.2, -0.15) is 0 Å². The third-order valence-corrected chi connectivity index (χ3v) is 6.73. The zero-order chi connectivity index (χ0) is 28.9. The quantitative estimate of drug-likeness (QED) is 0.444. The fourth-order valence-electron chi connectivity index (χ4n) is 4.27. The molecule has 3 N–H and O–H groups in total. The van der Waals surface area contributed by atoms with Gasteiger partial charge < -0.3 is 34.5 Å². The maximum absolute atomic E-state index is 14.6. The van der Waals surface area contributed by atoms with E-state index in [-0.39, 0.29) is 37.7 Å². The van der Waals surface area contributed by atoms with Gasteiger partial charge in [0, 0.05) is 45.5 Å². The van der Waals surface area contributed by atoms with Crippen molar-refractivity contribution in [3.05, 3.63) is 59.9 Å². The Morgan fingerprint density at radius 2 is 1.98 bits per heavy atom. The number of aromatic amines is 1. The van der Waals surface area contributed by atoms with Crippen LogP contribution in [-0.2, 0) is 14.3 Å². The van der Waals surface area contributed by atoms with Crippen LogP contribution in [0, 0.1) is 11.7 Å². The number of halogens is 1. The summed E-state index contributed by atoms with van der Waals surface area (Å²) >= 11 is 0. The molecule has 0 radical (unpaired) electrons. The van der Waals surface area contributed by atoms with Gasteiger partial charge in [0.15, 0.2) is 0 Å². The molecule has 1 aromatic heterocycles. The van der Waals surface area contributed by atoms with E-state index in [1.807, 2.05) is 13.8 Å². The highest BCUT2D eigenvalue weighted by atomic mass is 19.1. The first kappa shape index (κ1) is 31.4. The number of hydrogen-bond acceptors (Lipinski definition) is 7. The summed E-state index contributed by atoms with van der Waals surface area (Å²) in [4.78, 5) is 36.5. The number of imidazole rings is 1. The highest BCUT2D eigenvalue weighted by Gasteiger charge is 2.32. The van der Waals surface area contributed by atoms with Crippen LogP contribution in [0.3, 0.4) is 0 Å². The van der Waals surface area contributed by atoms with E-state index in [1.54, 1.807) is 23.2 Å². The molecule has 2 amide bonds. The molecule has 3 rings (SSSR count). The van der Waals surface area contributed by atoms with Crippen LogP contribution in [0.25, 0.3) is 6.08 Å². The van der Waals surface area contributed by atoms with Gasteiger partial charge in [-0.15, -0.1) is 0 Å². The summed E-state index contributed by atoms with van der Waals surface area (Å²) in [6, 6.07) is 5.68. The van der Waals surface area contributed by atoms with Crippen LogP contribution in [0.4, 0.5) is 4.39 Å². The lowest BCUT2D eigenvalue weighted by molar-refractivity contribution is -0.127. The van der Waals surface area contributed by atoms with Gasteiger partial charge in [-0.25, -0.2) is 9.37 Å². The summed E-state index contributed by atoms with van der Waals surface area (Å²) in [7, 11) is 0. The maximum atomic E-state index is 14.6. The lowest BCUT2D eigenvalue weighted by Crippen LogP contribution is -2.51. The van der Waals surface area contributed by atoms with Crippen molar-refractivity contribution >= 4 is 17.9 Å². The van der Waals surface area contributed by atoms with Crippen LogP contribution in [-0.4, -0.2) is 106 Å². The Bertz CT molecular complexity index is 1080. The maximum Gasteiger partial charge on any atom is 0.256 e. The van der Waals surface area contributed by atoms with Gasteiger partial charge >= 0.3 is 0 Å². The Kier molecular flexibility index (Phi) is 12.7. The van der Waals surface area contributed by atoms with Crippen molar-refractivity contribution < 1.29 is 33.7 Å². The molecule has 1 aliphatic heterocycles. The molecule has 0 bridgehead atoms. The molecule has 10 nitrogen and oxygen atoms in total. The molecule has 0 saturated carbocycles. The van der Waals surface area contributed by atoms with Gasteiger partial charge in [0.05, 0.1) is 30.4 Å². The molecular weight excluding hydrogens is 519 g/mol. The average Bonchev–Trinajstić information content (AvgIpc) is 3.46. The van der Waals surface area contributed by atoms with Crippen molar-refractivity contribution in [3.63, 3.8) is 0 Å². The standard InChI is InChI=1S/C29H41FN4O6/c1-21(2)11-16-40-26-18-34(29(38)23-7-3-4-8-24(23)30)14-13-33(27(36)10-9-22-17-31-20-32-22)12-5-6-15-39-19-25(35)28(26)37/h3-4,7-10,17,20-21,25-26,28,35,37H,5-6,11-16,18-19H2,1-2H3,(H,31,32)/b10-9+/t25-,26-,28-/m1/s1. The average molecular weight is 561 g/mol. The highest BCUT2D eigenvalue weighted by molar-refractivity contribution is 5.94.